The van der Waals surface area contributed by atoms with E-state index in [0.29, 0.717) is 12.5 Å². The van der Waals surface area contributed by atoms with Crippen LogP contribution in [0.4, 0.5) is 0 Å². The Morgan fingerprint density at radius 2 is 2.20 bits per heavy atom. The number of hydrogen-bond donors (Lipinski definition) is 1. The highest BCUT2D eigenvalue weighted by Gasteiger charge is 2.34. The molecule has 1 saturated heterocycles. The molecule has 0 radical (unpaired) electrons. The van der Waals surface area contributed by atoms with Crippen molar-refractivity contribution < 1.29 is 8.42 Å². The molecule has 0 aromatic carbocycles. The third-order valence-corrected chi connectivity index (χ3v) is 5.86. The average molecular weight is 316 g/mol. The molecule has 110 valence electrons. The molecular formula is C13H18ClN3O2S. The molecule has 2 aliphatic rings. The SMILES string of the molecule is O=S(=O)(NCC1CCN(C2CC2)C1)c1cnccc1Cl. The Hall–Kier alpha value is -0.690. The standard InChI is InChI=1S/C13H18ClN3O2S/c14-12-3-5-15-8-13(12)20(18,19)16-7-10-4-6-17(9-10)11-1-2-11/h3,5,8,10-11,16H,1-2,4,6-7,9H2. The normalized spacial score (nSPS) is 24.1. The smallest absolute Gasteiger partial charge is 0.243 e. The summed E-state index contributed by atoms with van der Waals surface area (Å²) < 4.78 is 27.0. The van der Waals surface area contributed by atoms with E-state index in [-0.39, 0.29) is 9.92 Å². The van der Waals surface area contributed by atoms with Crippen molar-refractivity contribution in [2.45, 2.75) is 30.2 Å². The summed E-state index contributed by atoms with van der Waals surface area (Å²) in [5.74, 6) is 0.390. The lowest BCUT2D eigenvalue weighted by Crippen LogP contribution is -2.31. The zero-order valence-corrected chi connectivity index (χ0v) is 12.7. The van der Waals surface area contributed by atoms with E-state index in [2.05, 4.69) is 14.6 Å². The lowest BCUT2D eigenvalue weighted by Gasteiger charge is -2.15. The molecule has 1 aromatic heterocycles. The predicted molar refractivity (Wildman–Crippen MR) is 77.1 cm³/mol. The van der Waals surface area contributed by atoms with Crippen molar-refractivity contribution in [3.05, 3.63) is 23.5 Å². The highest BCUT2D eigenvalue weighted by molar-refractivity contribution is 7.89. The van der Waals surface area contributed by atoms with Gasteiger partial charge in [-0.2, -0.15) is 0 Å². The molecule has 1 aliphatic carbocycles. The van der Waals surface area contributed by atoms with E-state index >= 15 is 0 Å². The molecule has 1 aliphatic heterocycles. The first-order chi connectivity index (χ1) is 9.56. The number of rotatable bonds is 5. The predicted octanol–water partition coefficient (Wildman–Crippen LogP) is 1.50. The van der Waals surface area contributed by atoms with Crippen LogP contribution in [0.2, 0.25) is 5.02 Å². The maximum absolute atomic E-state index is 12.2. The second-order valence-electron chi connectivity index (χ2n) is 5.54. The first kappa shape index (κ1) is 14.3. The van der Waals surface area contributed by atoms with Crippen molar-refractivity contribution in [2.75, 3.05) is 19.6 Å². The van der Waals surface area contributed by atoms with Crippen LogP contribution in [0, 0.1) is 5.92 Å². The van der Waals surface area contributed by atoms with Crippen LogP contribution in [0.3, 0.4) is 0 Å². The third kappa shape index (κ3) is 3.14. The molecule has 1 atom stereocenters. The summed E-state index contributed by atoms with van der Waals surface area (Å²) in [5, 5.41) is 0.207. The summed E-state index contributed by atoms with van der Waals surface area (Å²) in [4.78, 5) is 6.35. The molecule has 20 heavy (non-hydrogen) atoms. The van der Waals surface area contributed by atoms with Crippen molar-refractivity contribution in [3.8, 4) is 0 Å². The fourth-order valence-corrected chi connectivity index (χ4v) is 4.21. The fourth-order valence-electron chi connectivity index (χ4n) is 2.67. The third-order valence-electron chi connectivity index (χ3n) is 3.97. The second-order valence-corrected chi connectivity index (χ2v) is 7.68. The van der Waals surface area contributed by atoms with Gasteiger partial charge in [-0.05, 0) is 37.8 Å². The summed E-state index contributed by atoms with van der Waals surface area (Å²) >= 11 is 5.91. The Balaban J connectivity index is 1.59. The average Bonchev–Trinajstić information content (AvgIpc) is 3.16. The zero-order valence-electron chi connectivity index (χ0n) is 11.1. The van der Waals surface area contributed by atoms with E-state index in [9.17, 15) is 8.42 Å². The summed E-state index contributed by atoms with van der Waals surface area (Å²) in [5.41, 5.74) is 0. The van der Waals surface area contributed by atoms with Crippen LogP contribution in [-0.4, -0.2) is 44.0 Å². The Labute approximate surface area is 124 Å². The van der Waals surface area contributed by atoms with Gasteiger partial charge in [-0.1, -0.05) is 11.6 Å². The van der Waals surface area contributed by atoms with E-state index in [1.165, 1.54) is 31.3 Å². The first-order valence-corrected chi connectivity index (χ1v) is 8.75. The van der Waals surface area contributed by atoms with Gasteiger partial charge in [0, 0.05) is 31.5 Å². The van der Waals surface area contributed by atoms with Gasteiger partial charge in [0.25, 0.3) is 0 Å². The maximum atomic E-state index is 12.2. The van der Waals surface area contributed by atoms with E-state index < -0.39 is 10.0 Å². The van der Waals surface area contributed by atoms with Crippen LogP contribution in [0.15, 0.2) is 23.4 Å². The minimum Gasteiger partial charge on any atom is -0.300 e. The molecule has 5 nitrogen and oxygen atoms in total. The molecule has 1 N–H and O–H groups in total. The Morgan fingerprint density at radius 1 is 1.40 bits per heavy atom. The van der Waals surface area contributed by atoms with Crippen LogP contribution < -0.4 is 4.72 Å². The number of halogens is 1. The molecule has 2 fully saturated rings. The van der Waals surface area contributed by atoms with Crippen molar-refractivity contribution >= 4 is 21.6 Å². The highest BCUT2D eigenvalue weighted by Crippen LogP contribution is 2.31. The van der Waals surface area contributed by atoms with Gasteiger partial charge in [-0.25, -0.2) is 13.1 Å². The molecule has 0 bridgehead atoms. The highest BCUT2D eigenvalue weighted by atomic mass is 35.5. The summed E-state index contributed by atoms with van der Waals surface area (Å²) in [7, 11) is -3.56. The molecule has 1 unspecified atom stereocenters. The molecule has 7 heteroatoms. The molecular weight excluding hydrogens is 298 g/mol. The number of aromatic nitrogens is 1. The molecule has 0 spiro atoms. The number of nitrogens with zero attached hydrogens (tertiary/aromatic N) is 2. The van der Waals surface area contributed by atoms with Crippen LogP contribution in [0.1, 0.15) is 19.3 Å². The molecule has 2 heterocycles. The number of nitrogens with one attached hydrogen (secondary N) is 1. The molecule has 3 rings (SSSR count). The fraction of sp³-hybridized carbons (Fsp3) is 0.615. The Bertz CT molecular complexity index is 589. The van der Waals surface area contributed by atoms with Gasteiger partial charge in [0.05, 0.1) is 5.02 Å². The number of likely N-dealkylation sites (tertiary alicyclic amines) is 1. The van der Waals surface area contributed by atoms with Gasteiger partial charge in [-0.3, -0.25) is 4.98 Å². The summed E-state index contributed by atoms with van der Waals surface area (Å²) in [6, 6.07) is 2.24. The topological polar surface area (TPSA) is 62.3 Å². The number of pyridine rings is 1. The van der Waals surface area contributed by atoms with Crippen LogP contribution in [0.25, 0.3) is 0 Å². The van der Waals surface area contributed by atoms with E-state index in [4.69, 9.17) is 11.6 Å². The first-order valence-electron chi connectivity index (χ1n) is 6.89. The van der Waals surface area contributed by atoms with E-state index in [0.717, 1.165) is 25.6 Å². The Morgan fingerprint density at radius 3 is 2.90 bits per heavy atom. The minimum atomic E-state index is -3.56. The van der Waals surface area contributed by atoms with Gasteiger partial charge < -0.3 is 4.90 Å². The van der Waals surface area contributed by atoms with Gasteiger partial charge in [0.15, 0.2) is 0 Å². The number of sulfonamides is 1. The molecule has 1 saturated carbocycles. The van der Waals surface area contributed by atoms with Crippen LogP contribution in [-0.2, 0) is 10.0 Å². The monoisotopic (exact) mass is 315 g/mol. The maximum Gasteiger partial charge on any atom is 0.243 e. The van der Waals surface area contributed by atoms with Gasteiger partial charge in [0.1, 0.15) is 4.90 Å². The number of hydrogen-bond acceptors (Lipinski definition) is 4. The quantitative estimate of drug-likeness (QED) is 0.894. The van der Waals surface area contributed by atoms with E-state index in [1.807, 2.05) is 0 Å². The van der Waals surface area contributed by atoms with Crippen molar-refractivity contribution in [1.29, 1.82) is 0 Å². The lowest BCUT2D eigenvalue weighted by atomic mass is 10.1. The van der Waals surface area contributed by atoms with Gasteiger partial charge >= 0.3 is 0 Å². The van der Waals surface area contributed by atoms with E-state index in [1.54, 1.807) is 0 Å². The molecule has 1 aromatic rings. The second kappa shape index (κ2) is 5.60. The van der Waals surface area contributed by atoms with Crippen molar-refractivity contribution in [2.24, 2.45) is 5.92 Å². The summed E-state index contributed by atoms with van der Waals surface area (Å²) in [6.07, 6.45) is 6.41. The van der Waals surface area contributed by atoms with Crippen molar-refractivity contribution in [1.82, 2.24) is 14.6 Å². The van der Waals surface area contributed by atoms with Crippen LogP contribution >= 0.6 is 11.6 Å². The summed E-state index contributed by atoms with van der Waals surface area (Å²) in [6.45, 7) is 2.55. The zero-order chi connectivity index (χ0) is 14.2. The van der Waals surface area contributed by atoms with Gasteiger partial charge in [-0.15, -0.1) is 0 Å². The van der Waals surface area contributed by atoms with Crippen molar-refractivity contribution in [3.63, 3.8) is 0 Å². The largest absolute Gasteiger partial charge is 0.300 e. The lowest BCUT2D eigenvalue weighted by molar-refractivity contribution is 0.314. The van der Waals surface area contributed by atoms with Crippen LogP contribution in [0.5, 0.6) is 0 Å². The van der Waals surface area contributed by atoms with Gasteiger partial charge in [0.2, 0.25) is 10.0 Å². The molecule has 0 amide bonds. The minimum absolute atomic E-state index is 0.0544. The Kier molecular flexibility index (Phi) is 3.99.